The lowest BCUT2D eigenvalue weighted by atomic mass is 9.94. The largest absolute Gasteiger partial charge is 0.493 e. The van der Waals surface area contributed by atoms with E-state index in [1.54, 1.807) is 44.4 Å². The van der Waals surface area contributed by atoms with Crippen LogP contribution in [0.3, 0.4) is 0 Å². The fraction of sp³-hybridized carbons (Fsp3) is 0.440. The molecule has 3 rings (SSSR count). The number of benzene rings is 2. The molecule has 2 aromatic rings. The molecule has 1 fully saturated rings. The molecule has 2 aromatic carbocycles. The Labute approximate surface area is 194 Å². The van der Waals surface area contributed by atoms with Crippen LogP contribution in [0.4, 0.5) is 5.69 Å². The zero-order chi connectivity index (χ0) is 23.1. The number of carbonyl (C=O) groups excluding carboxylic acids is 2. The van der Waals surface area contributed by atoms with Crippen LogP contribution in [0.5, 0.6) is 11.5 Å². The third-order valence-corrected chi connectivity index (χ3v) is 7.10. The van der Waals surface area contributed by atoms with Crippen LogP contribution in [-0.4, -0.2) is 56.8 Å². The molecule has 1 saturated carbocycles. The first-order valence-corrected chi connectivity index (χ1v) is 11.9. The highest BCUT2D eigenvalue weighted by Gasteiger charge is 2.23. The van der Waals surface area contributed by atoms with Gasteiger partial charge in [-0.2, -0.15) is 0 Å². The van der Waals surface area contributed by atoms with Gasteiger partial charge in [0.25, 0.3) is 5.91 Å². The molecule has 1 aliphatic rings. The van der Waals surface area contributed by atoms with Crippen molar-refractivity contribution in [2.24, 2.45) is 0 Å². The molecule has 0 aliphatic heterocycles. The highest BCUT2D eigenvalue weighted by Crippen LogP contribution is 2.32. The molecule has 32 heavy (non-hydrogen) atoms. The molecule has 0 atom stereocenters. The quantitative estimate of drug-likeness (QED) is 0.531. The highest BCUT2D eigenvalue weighted by atomic mass is 32.2. The van der Waals surface area contributed by atoms with Gasteiger partial charge in [-0.25, -0.2) is 0 Å². The maximum Gasteiger partial charge on any atom is 0.259 e. The molecule has 2 amide bonds. The first-order valence-electron chi connectivity index (χ1n) is 10.9. The molecule has 0 N–H and O–H groups in total. The van der Waals surface area contributed by atoms with Crippen molar-refractivity contribution in [1.82, 2.24) is 4.90 Å². The Morgan fingerprint density at radius 1 is 0.969 bits per heavy atom. The number of rotatable bonds is 8. The zero-order valence-corrected chi connectivity index (χ0v) is 20.1. The lowest BCUT2D eigenvalue weighted by Crippen LogP contribution is -2.39. The Morgan fingerprint density at radius 2 is 1.66 bits per heavy atom. The standard InChI is InChI=1S/C25H32N2O4S/c1-26(18-10-6-5-7-11-18)24(28)17-32-23-13-9-8-12-20(23)25(29)27(2)19-14-15-21(30-3)22(16-19)31-4/h8-9,12-16,18H,5-7,10-11,17H2,1-4H3. The second-order valence-electron chi connectivity index (χ2n) is 7.98. The van der Waals surface area contributed by atoms with Crippen molar-refractivity contribution in [2.45, 2.75) is 43.0 Å². The summed E-state index contributed by atoms with van der Waals surface area (Å²) in [5.74, 6) is 1.44. The minimum absolute atomic E-state index is 0.109. The van der Waals surface area contributed by atoms with E-state index in [0.717, 1.165) is 17.7 Å². The van der Waals surface area contributed by atoms with Gasteiger partial charge in [0.05, 0.1) is 25.5 Å². The van der Waals surface area contributed by atoms with Crippen molar-refractivity contribution >= 4 is 29.3 Å². The van der Waals surface area contributed by atoms with Gasteiger partial charge in [-0.3, -0.25) is 9.59 Å². The normalized spacial score (nSPS) is 14.0. The van der Waals surface area contributed by atoms with E-state index in [9.17, 15) is 9.59 Å². The van der Waals surface area contributed by atoms with E-state index in [4.69, 9.17) is 9.47 Å². The lowest BCUT2D eigenvalue weighted by molar-refractivity contribution is -0.129. The average Bonchev–Trinajstić information content (AvgIpc) is 2.86. The number of amides is 2. The van der Waals surface area contributed by atoms with Gasteiger partial charge in [-0.1, -0.05) is 31.4 Å². The van der Waals surface area contributed by atoms with E-state index in [1.807, 2.05) is 36.2 Å². The van der Waals surface area contributed by atoms with Crippen LogP contribution in [0.2, 0.25) is 0 Å². The maximum absolute atomic E-state index is 13.3. The number of thioether (sulfide) groups is 1. The molecule has 0 saturated heterocycles. The summed E-state index contributed by atoms with van der Waals surface area (Å²) >= 11 is 1.42. The molecular formula is C25H32N2O4S. The van der Waals surface area contributed by atoms with Crippen LogP contribution in [0.15, 0.2) is 47.4 Å². The smallest absolute Gasteiger partial charge is 0.259 e. The van der Waals surface area contributed by atoms with Crippen LogP contribution in [-0.2, 0) is 4.79 Å². The summed E-state index contributed by atoms with van der Waals surface area (Å²) in [6, 6.07) is 13.1. The van der Waals surface area contributed by atoms with Gasteiger partial charge in [-0.15, -0.1) is 11.8 Å². The Morgan fingerprint density at radius 3 is 2.34 bits per heavy atom. The number of anilines is 1. The van der Waals surface area contributed by atoms with Crippen molar-refractivity contribution in [3.8, 4) is 11.5 Å². The molecule has 0 heterocycles. The average molecular weight is 457 g/mol. The van der Waals surface area contributed by atoms with Gasteiger partial charge in [0.1, 0.15) is 0 Å². The summed E-state index contributed by atoms with van der Waals surface area (Å²) in [7, 11) is 6.78. The monoisotopic (exact) mass is 456 g/mol. The summed E-state index contributed by atoms with van der Waals surface area (Å²) in [6.07, 6.45) is 5.80. The third kappa shape index (κ3) is 5.57. The van der Waals surface area contributed by atoms with Gasteiger partial charge in [0, 0.05) is 36.8 Å². The van der Waals surface area contributed by atoms with E-state index in [2.05, 4.69) is 0 Å². The lowest BCUT2D eigenvalue weighted by Gasteiger charge is -2.31. The van der Waals surface area contributed by atoms with Crippen molar-refractivity contribution in [1.29, 1.82) is 0 Å². The van der Waals surface area contributed by atoms with E-state index in [-0.39, 0.29) is 11.8 Å². The number of nitrogens with zero attached hydrogens (tertiary/aromatic N) is 2. The van der Waals surface area contributed by atoms with E-state index in [1.165, 1.54) is 31.0 Å². The molecule has 172 valence electrons. The fourth-order valence-corrected chi connectivity index (χ4v) is 4.98. The Kier molecular flexibility index (Phi) is 8.45. The topological polar surface area (TPSA) is 59.1 Å². The van der Waals surface area contributed by atoms with Crippen LogP contribution in [0.25, 0.3) is 0 Å². The number of ether oxygens (including phenoxy) is 2. The fourth-order valence-electron chi connectivity index (χ4n) is 4.01. The first kappa shape index (κ1) is 24.0. The van der Waals surface area contributed by atoms with Crippen LogP contribution < -0.4 is 14.4 Å². The minimum atomic E-state index is -0.145. The van der Waals surface area contributed by atoms with E-state index in [0.29, 0.717) is 34.5 Å². The number of hydrogen-bond acceptors (Lipinski definition) is 5. The molecule has 0 aromatic heterocycles. The molecule has 1 aliphatic carbocycles. The van der Waals surface area contributed by atoms with Gasteiger partial charge >= 0.3 is 0 Å². The number of methoxy groups -OCH3 is 2. The summed E-state index contributed by atoms with van der Waals surface area (Å²) in [4.78, 5) is 30.3. The highest BCUT2D eigenvalue weighted by molar-refractivity contribution is 8.00. The molecule has 6 nitrogen and oxygen atoms in total. The molecule has 0 radical (unpaired) electrons. The predicted molar refractivity (Wildman–Crippen MR) is 129 cm³/mol. The summed E-state index contributed by atoms with van der Waals surface area (Å²) in [5, 5.41) is 0. The zero-order valence-electron chi connectivity index (χ0n) is 19.3. The maximum atomic E-state index is 13.3. The third-order valence-electron chi connectivity index (χ3n) is 6.04. The van der Waals surface area contributed by atoms with Crippen molar-refractivity contribution in [2.75, 3.05) is 39.0 Å². The molecule has 0 bridgehead atoms. The van der Waals surface area contributed by atoms with Gasteiger partial charge in [0.15, 0.2) is 11.5 Å². The Balaban J connectivity index is 1.71. The Bertz CT molecular complexity index is 943. The number of hydrogen-bond donors (Lipinski definition) is 0. The summed E-state index contributed by atoms with van der Waals surface area (Å²) in [6.45, 7) is 0. The molecule has 0 spiro atoms. The van der Waals surface area contributed by atoms with E-state index >= 15 is 0 Å². The second kappa shape index (κ2) is 11.3. The first-order chi connectivity index (χ1) is 15.5. The summed E-state index contributed by atoms with van der Waals surface area (Å²) in [5.41, 5.74) is 1.27. The van der Waals surface area contributed by atoms with Crippen molar-refractivity contribution in [3.05, 3.63) is 48.0 Å². The van der Waals surface area contributed by atoms with Crippen molar-refractivity contribution in [3.63, 3.8) is 0 Å². The van der Waals surface area contributed by atoms with Gasteiger partial charge in [0.2, 0.25) is 5.91 Å². The molecule has 7 heteroatoms. The van der Waals surface area contributed by atoms with Crippen LogP contribution in [0, 0.1) is 0 Å². The Hall–Kier alpha value is -2.67. The minimum Gasteiger partial charge on any atom is -0.493 e. The van der Waals surface area contributed by atoms with E-state index < -0.39 is 0 Å². The molecular weight excluding hydrogens is 424 g/mol. The van der Waals surface area contributed by atoms with Crippen LogP contribution >= 0.6 is 11.8 Å². The van der Waals surface area contributed by atoms with Crippen molar-refractivity contribution < 1.29 is 19.1 Å². The summed E-state index contributed by atoms with van der Waals surface area (Å²) < 4.78 is 10.6. The predicted octanol–water partition coefficient (Wildman–Crippen LogP) is 4.86. The SMILES string of the molecule is COc1ccc(N(C)C(=O)c2ccccc2SCC(=O)N(C)C2CCCCC2)cc1OC. The van der Waals surface area contributed by atoms with Crippen LogP contribution in [0.1, 0.15) is 42.5 Å². The van der Waals surface area contributed by atoms with Gasteiger partial charge in [-0.05, 0) is 37.1 Å². The molecule has 0 unspecified atom stereocenters. The van der Waals surface area contributed by atoms with Gasteiger partial charge < -0.3 is 19.3 Å². The number of carbonyl (C=O) groups is 2. The second-order valence-corrected chi connectivity index (χ2v) is 9.00.